The molecule has 1 heterocycles. The minimum absolute atomic E-state index is 0.0337. The Bertz CT molecular complexity index is 1150. The maximum Gasteiger partial charge on any atom is 0.217 e. The summed E-state index contributed by atoms with van der Waals surface area (Å²) in [5.41, 5.74) is 4.21. The van der Waals surface area contributed by atoms with E-state index in [1.54, 1.807) is 27.4 Å². The second-order valence-corrected chi connectivity index (χ2v) is 9.26. The van der Waals surface area contributed by atoms with Crippen molar-refractivity contribution in [1.82, 2.24) is 5.32 Å². The van der Waals surface area contributed by atoms with Crippen LogP contribution < -0.4 is 29.9 Å². The summed E-state index contributed by atoms with van der Waals surface area (Å²) in [5.74, 6) is 2.07. The Labute approximate surface area is 201 Å². The number of carbonyl (C=O) groups is 1. The molecule has 0 bridgehead atoms. The van der Waals surface area contributed by atoms with E-state index >= 15 is 0 Å². The molecule has 7 heteroatoms. The van der Waals surface area contributed by atoms with Gasteiger partial charge in [0.05, 0.1) is 33.1 Å². The SMILES string of the molecule is COc1cc2c(c(OC)c1OC)-c1ccc(N3CCC[C@H](C)C3)c(=O)cc1[C@@H](NC(C)=O)CC2. The number of ether oxygens (including phenoxy) is 3. The second-order valence-electron chi connectivity index (χ2n) is 9.26. The molecule has 2 atom stereocenters. The largest absolute Gasteiger partial charge is 0.493 e. The summed E-state index contributed by atoms with van der Waals surface area (Å²) in [7, 11) is 4.79. The number of nitrogens with zero attached hydrogens (tertiary/aromatic N) is 1. The van der Waals surface area contributed by atoms with Crippen LogP contribution in [0.5, 0.6) is 17.2 Å². The molecule has 2 aromatic carbocycles. The molecule has 1 aliphatic carbocycles. The summed E-state index contributed by atoms with van der Waals surface area (Å²) in [6.45, 7) is 5.46. The molecule has 0 spiro atoms. The molecule has 7 nitrogen and oxygen atoms in total. The Morgan fingerprint density at radius 1 is 1.06 bits per heavy atom. The average Bonchev–Trinajstić information content (AvgIpc) is 3.06. The number of hydrogen-bond acceptors (Lipinski definition) is 6. The van der Waals surface area contributed by atoms with Crippen LogP contribution in [0.4, 0.5) is 5.69 Å². The van der Waals surface area contributed by atoms with Gasteiger partial charge in [-0.05, 0) is 66.5 Å². The van der Waals surface area contributed by atoms with Crippen LogP contribution in [0.1, 0.15) is 50.3 Å². The fraction of sp³-hybridized carbons (Fsp3) is 0.481. The van der Waals surface area contributed by atoms with Crippen LogP contribution in [-0.2, 0) is 11.2 Å². The van der Waals surface area contributed by atoms with Crippen LogP contribution in [0.25, 0.3) is 11.1 Å². The number of methoxy groups -OCH3 is 3. The molecule has 0 saturated carbocycles. The number of fused-ring (bicyclic) bond motifs is 3. The fourth-order valence-corrected chi connectivity index (χ4v) is 5.37. The predicted octanol–water partition coefficient (Wildman–Crippen LogP) is 4.10. The van der Waals surface area contributed by atoms with Crippen molar-refractivity contribution in [2.75, 3.05) is 39.3 Å². The molecule has 0 radical (unpaired) electrons. The number of benzene rings is 1. The summed E-state index contributed by atoms with van der Waals surface area (Å²) in [6.07, 6.45) is 3.58. The molecule has 0 unspecified atom stereocenters. The topological polar surface area (TPSA) is 77.1 Å². The molecule has 1 amide bonds. The highest BCUT2D eigenvalue weighted by Crippen LogP contribution is 2.50. The molecule has 1 saturated heterocycles. The molecule has 1 fully saturated rings. The zero-order chi connectivity index (χ0) is 24.4. The van der Waals surface area contributed by atoms with E-state index in [2.05, 4.69) is 17.1 Å². The quantitative estimate of drug-likeness (QED) is 0.715. The molecule has 182 valence electrons. The first-order chi connectivity index (χ1) is 16.4. The first-order valence-corrected chi connectivity index (χ1v) is 11.9. The third-order valence-electron chi connectivity index (χ3n) is 6.89. The van der Waals surface area contributed by atoms with Gasteiger partial charge in [-0.15, -0.1) is 0 Å². The van der Waals surface area contributed by atoms with Crippen LogP contribution >= 0.6 is 0 Å². The maximum absolute atomic E-state index is 13.5. The van der Waals surface area contributed by atoms with Crippen LogP contribution in [0.2, 0.25) is 0 Å². The lowest BCUT2D eigenvalue weighted by atomic mass is 9.95. The van der Waals surface area contributed by atoms with Crippen molar-refractivity contribution in [1.29, 1.82) is 0 Å². The number of amides is 1. The average molecular weight is 467 g/mol. The van der Waals surface area contributed by atoms with Crippen LogP contribution in [0.15, 0.2) is 29.1 Å². The van der Waals surface area contributed by atoms with E-state index in [1.807, 2.05) is 18.2 Å². The molecule has 34 heavy (non-hydrogen) atoms. The first-order valence-electron chi connectivity index (χ1n) is 11.9. The van der Waals surface area contributed by atoms with E-state index in [-0.39, 0.29) is 17.4 Å². The van der Waals surface area contributed by atoms with Crippen molar-refractivity contribution in [2.24, 2.45) is 5.92 Å². The Kier molecular flexibility index (Phi) is 7.00. The second kappa shape index (κ2) is 9.95. The molecule has 0 aromatic heterocycles. The van der Waals surface area contributed by atoms with E-state index in [4.69, 9.17) is 14.2 Å². The zero-order valence-electron chi connectivity index (χ0n) is 20.7. The number of hydrogen-bond donors (Lipinski definition) is 1. The lowest BCUT2D eigenvalue weighted by Gasteiger charge is -2.31. The van der Waals surface area contributed by atoms with Crippen molar-refractivity contribution >= 4 is 11.6 Å². The van der Waals surface area contributed by atoms with Gasteiger partial charge in [0.25, 0.3) is 0 Å². The Balaban J connectivity index is 1.99. The summed E-state index contributed by atoms with van der Waals surface area (Å²) < 4.78 is 17.1. The number of piperidine rings is 1. The van der Waals surface area contributed by atoms with Gasteiger partial charge in [-0.3, -0.25) is 9.59 Å². The van der Waals surface area contributed by atoms with Crippen LogP contribution in [0.3, 0.4) is 0 Å². The van der Waals surface area contributed by atoms with Gasteiger partial charge in [-0.2, -0.15) is 0 Å². The minimum Gasteiger partial charge on any atom is -0.493 e. The lowest BCUT2D eigenvalue weighted by molar-refractivity contribution is -0.119. The molecular weight excluding hydrogens is 432 g/mol. The smallest absolute Gasteiger partial charge is 0.217 e. The molecule has 2 aliphatic rings. The first kappa shape index (κ1) is 23.9. The fourth-order valence-electron chi connectivity index (χ4n) is 5.37. The van der Waals surface area contributed by atoms with Crippen molar-refractivity contribution < 1.29 is 19.0 Å². The normalized spacial score (nSPS) is 19.4. The van der Waals surface area contributed by atoms with Crippen LogP contribution in [0, 0.1) is 5.92 Å². The zero-order valence-corrected chi connectivity index (χ0v) is 20.7. The predicted molar refractivity (Wildman–Crippen MR) is 133 cm³/mol. The van der Waals surface area contributed by atoms with Gasteiger partial charge >= 0.3 is 0 Å². The van der Waals surface area contributed by atoms with Gasteiger partial charge < -0.3 is 24.4 Å². The van der Waals surface area contributed by atoms with Crippen molar-refractivity contribution in [2.45, 2.75) is 45.6 Å². The summed E-state index contributed by atoms with van der Waals surface area (Å²) >= 11 is 0. The third-order valence-corrected chi connectivity index (χ3v) is 6.89. The van der Waals surface area contributed by atoms with E-state index < -0.39 is 0 Å². The van der Waals surface area contributed by atoms with Gasteiger partial charge in [0.2, 0.25) is 17.1 Å². The lowest BCUT2D eigenvalue weighted by Crippen LogP contribution is -2.36. The van der Waals surface area contributed by atoms with Gasteiger partial charge in [0, 0.05) is 25.6 Å². The minimum atomic E-state index is -0.296. The van der Waals surface area contributed by atoms with E-state index in [1.165, 1.54) is 13.3 Å². The number of rotatable bonds is 5. The summed E-state index contributed by atoms with van der Waals surface area (Å²) in [6, 6.07) is 7.30. The van der Waals surface area contributed by atoms with Gasteiger partial charge in [-0.1, -0.05) is 13.0 Å². The summed E-state index contributed by atoms with van der Waals surface area (Å²) in [4.78, 5) is 27.8. The molecule has 2 aromatic rings. The van der Waals surface area contributed by atoms with Crippen molar-refractivity contribution in [3.63, 3.8) is 0 Å². The molecule has 1 N–H and O–H groups in total. The summed E-state index contributed by atoms with van der Waals surface area (Å²) in [5, 5.41) is 3.06. The molecule has 1 aliphatic heterocycles. The molecule has 4 rings (SSSR count). The maximum atomic E-state index is 13.5. The number of carbonyl (C=O) groups excluding carboxylic acids is 1. The highest BCUT2D eigenvalue weighted by molar-refractivity contribution is 5.83. The van der Waals surface area contributed by atoms with E-state index in [0.717, 1.165) is 41.8 Å². The number of aryl methyl sites for hydroxylation is 1. The number of anilines is 1. The standard InChI is InChI=1S/C27H34N2O5/c1-16-7-6-12-29(15-16)22-11-9-19-20(14-23(22)31)21(28-17(2)30)10-8-18-13-24(32-3)26(33-4)27(34-5)25(18)19/h9,11,13-14,16,21H,6-8,10,12,15H2,1-5H3,(H,28,30)/t16-,21-/m0/s1. The highest BCUT2D eigenvalue weighted by atomic mass is 16.5. The number of nitrogens with one attached hydrogen (secondary N) is 1. The van der Waals surface area contributed by atoms with Crippen LogP contribution in [-0.4, -0.2) is 40.3 Å². The van der Waals surface area contributed by atoms with E-state index in [0.29, 0.717) is 41.7 Å². The Morgan fingerprint density at radius 3 is 2.47 bits per heavy atom. The Morgan fingerprint density at radius 2 is 1.82 bits per heavy atom. The van der Waals surface area contributed by atoms with Crippen molar-refractivity contribution in [3.8, 4) is 28.4 Å². The molecular formula is C27H34N2O5. The highest BCUT2D eigenvalue weighted by Gasteiger charge is 2.30. The third kappa shape index (κ3) is 4.43. The Hall–Kier alpha value is -3.22. The van der Waals surface area contributed by atoms with Gasteiger partial charge in [-0.25, -0.2) is 0 Å². The van der Waals surface area contributed by atoms with Gasteiger partial charge in [0.15, 0.2) is 11.5 Å². The monoisotopic (exact) mass is 466 g/mol. The van der Waals surface area contributed by atoms with Gasteiger partial charge in [0.1, 0.15) is 0 Å². The van der Waals surface area contributed by atoms with Crippen molar-refractivity contribution in [3.05, 3.63) is 45.6 Å². The van der Waals surface area contributed by atoms with E-state index in [9.17, 15) is 9.59 Å².